The SMILES string of the molecule is CC(C)(C)OC(=O)Nc1ccccc1NCc1ccoc1. The zero-order valence-corrected chi connectivity index (χ0v) is 12.5. The number of rotatable bonds is 4. The fourth-order valence-corrected chi connectivity index (χ4v) is 1.75. The molecule has 0 bridgehead atoms. The van der Waals surface area contributed by atoms with Gasteiger partial charge in [0.1, 0.15) is 5.60 Å². The number of furan rings is 1. The molecule has 2 aromatic rings. The summed E-state index contributed by atoms with van der Waals surface area (Å²) in [5.74, 6) is 0. The van der Waals surface area contributed by atoms with Crippen LogP contribution in [0.3, 0.4) is 0 Å². The Morgan fingerprint density at radius 2 is 1.90 bits per heavy atom. The minimum Gasteiger partial charge on any atom is -0.472 e. The summed E-state index contributed by atoms with van der Waals surface area (Å²) in [6, 6.07) is 9.36. The summed E-state index contributed by atoms with van der Waals surface area (Å²) < 4.78 is 10.3. The molecule has 5 nitrogen and oxygen atoms in total. The van der Waals surface area contributed by atoms with E-state index in [0.717, 1.165) is 11.3 Å². The van der Waals surface area contributed by atoms with E-state index in [2.05, 4.69) is 10.6 Å². The molecule has 1 amide bonds. The third-order valence-corrected chi connectivity index (χ3v) is 2.63. The fourth-order valence-electron chi connectivity index (χ4n) is 1.75. The van der Waals surface area contributed by atoms with Gasteiger partial charge in [0.15, 0.2) is 0 Å². The highest BCUT2D eigenvalue weighted by molar-refractivity contribution is 5.89. The first kappa shape index (κ1) is 15.0. The highest BCUT2D eigenvalue weighted by Crippen LogP contribution is 2.22. The van der Waals surface area contributed by atoms with Gasteiger partial charge in [-0.2, -0.15) is 0 Å². The second kappa shape index (κ2) is 6.35. The van der Waals surface area contributed by atoms with E-state index in [1.54, 1.807) is 12.5 Å². The Bertz CT molecular complexity index is 586. The lowest BCUT2D eigenvalue weighted by Gasteiger charge is -2.20. The van der Waals surface area contributed by atoms with E-state index in [0.29, 0.717) is 12.2 Å². The van der Waals surface area contributed by atoms with Crippen LogP contribution in [-0.4, -0.2) is 11.7 Å². The third-order valence-electron chi connectivity index (χ3n) is 2.63. The molecule has 0 unspecified atom stereocenters. The Kier molecular flexibility index (Phi) is 4.52. The quantitative estimate of drug-likeness (QED) is 0.883. The highest BCUT2D eigenvalue weighted by Gasteiger charge is 2.17. The van der Waals surface area contributed by atoms with Crippen LogP contribution >= 0.6 is 0 Å². The second-order valence-corrected chi connectivity index (χ2v) is 5.66. The van der Waals surface area contributed by atoms with Crippen molar-refractivity contribution in [2.45, 2.75) is 32.9 Å². The maximum atomic E-state index is 11.8. The van der Waals surface area contributed by atoms with E-state index < -0.39 is 11.7 Å². The van der Waals surface area contributed by atoms with Gasteiger partial charge in [-0.3, -0.25) is 5.32 Å². The maximum Gasteiger partial charge on any atom is 0.412 e. The number of hydrogen-bond acceptors (Lipinski definition) is 4. The van der Waals surface area contributed by atoms with E-state index in [4.69, 9.17) is 9.15 Å². The first-order chi connectivity index (χ1) is 9.94. The van der Waals surface area contributed by atoms with Crippen LogP contribution in [0.1, 0.15) is 26.3 Å². The minimum atomic E-state index is -0.525. The Hall–Kier alpha value is -2.43. The molecule has 112 valence electrons. The van der Waals surface area contributed by atoms with Gasteiger partial charge in [-0.1, -0.05) is 12.1 Å². The predicted molar refractivity (Wildman–Crippen MR) is 82.3 cm³/mol. The normalized spacial score (nSPS) is 11.0. The summed E-state index contributed by atoms with van der Waals surface area (Å²) in [6.45, 7) is 6.10. The molecule has 1 heterocycles. The molecule has 0 spiro atoms. The lowest BCUT2D eigenvalue weighted by atomic mass is 10.2. The molecule has 0 fully saturated rings. The average molecular weight is 288 g/mol. The lowest BCUT2D eigenvalue weighted by Crippen LogP contribution is -2.27. The number of carbonyl (C=O) groups excluding carboxylic acids is 1. The van der Waals surface area contributed by atoms with Crippen molar-refractivity contribution >= 4 is 17.5 Å². The molecule has 0 radical (unpaired) electrons. The zero-order chi connectivity index (χ0) is 15.3. The van der Waals surface area contributed by atoms with Crippen LogP contribution in [-0.2, 0) is 11.3 Å². The third kappa shape index (κ3) is 4.87. The number of para-hydroxylation sites is 2. The summed E-state index contributed by atoms with van der Waals surface area (Å²) in [4.78, 5) is 11.8. The Morgan fingerprint density at radius 3 is 2.52 bits per heavy atom. The van der Waals surface area contributed by atoms with Gasteiger partial charge in [0.05, 0.1) is 23.9 Å². The van der Waals surface area contributed by atoms with Gasteiger partial charge >= 0.3 is 6.09 Å². The largest absolute Gasteiger partial charge is 0.472 e. The van der Waals surface area contributed by atoms with Gasteiger partial charge in [0.2, 0.25) is 0 Å². The predicted octanol–water partition coefficient (Wildman–Crippen LogP) is 4.24. The number of benzene rings is 1. The van der Waals surface area contributed by atoms with Gasteiger partial charge < -0.3 is 14.5 Å². The molecular formula is C16H20N2O3. The van der Waals surface area contributed by atoms with Gasteiger partial charge in [0, 0.05) is 12.1 Å². The van der Waals surface area contributed by atoms with Crippen LogP contribution in [0.2, 0.25) is 0 Å². The van der Waals surface area contributed by atoms with Crippen LogP contribution < -0.4 is 10.6 Å². The molecule has 0 atom stereocenters. The van der Waals surface area contributed by atoms with Crippen molar-refractivity contribution < 1.29 is 13.9 Å². The Morgan fingerprint density at radius 1 is 1.19 bits per heavy atom. The fraction of sp³-hybridized carbons (Fsp3) is 0.312. The lowest BCUT2D eigenvalue weighted by molar-refractivity contribution is 0.0636. The van der Waals surface area contributed by atoms with Crippen molar-refractivity contribution in [3.05, 3.63) is 48.4 Å². The zero-order valence-electron chi connectivity index (χ0n) is 12.5. The molecule has 0 saturated carbocycles. The summed E-state index contributed by atoms with van der Waals surface area (Å²) in [6.07, 6.45) is 2.83. The molecule has 0 saturated heterocycles. The molecule has 2 rings (SSSR count). The Labute approximate surface area is 124 Å². The standard InChI is InChI=1S/C16H20N2O3/c1-16(2,3)21-15(19)18-14-7-5-4-6-13(14)17-10-12-8-9-20-11-12/h4-9,11,17H,10H2,1-3H3,(H,18,19). The number of nitrogens with one attached hydrogen (secondary N) is 2. The van der Waals surface area contributed by atoms with Crippen molar-refractivity contribution in [2.24, 2.45) is 0 Å². The maximum absolute atomic E-state index is 11.8. The van der Waals surface area contributed by atoms with Gasteiger partial charge in [0.25, 0.3) is 0 Å². The monoisotopic (exact) mass is 288 g/mol. The molecule has 0 aliphatic carbocycles. The van der Waals surface area contributed by atoms with Crippen LogP contribution in [0.4, 0.5) is 16.2 Å². The molecule has 0 aliphatic heterocycles. The summed E-state index contributed by atoms with van der Waals surface area (Å²) in [5.41, 5.74) is 2.00. The first-order valence-electron chi connectivity index (χ1n) is 6.78. The number of anilines is 2. The van der Waals surface area contributed by atoms with Crippen molar-refractivity contribution in [3.63, 3.8) is 0 Å². The van der Waals surface area contributed by atoms with Crippen LogP contribution in [0.25, 0.3) is 0 Å². The van der Waals surface area contributed by atoms with E-state index >= 15 is 0 Å². The highest BCUT2D eigenvalue weighted by atomic mass is 16.6. The number of ether oxygens (including phenoxy) is 1. The second-order valence-electron chi connectivity index (χ2n) is 5.66. The van der Waals surface area contributed by atoms with Crippen molar-refractivity contribution in [3.8, 4) is 0 Å². The minimum absolute atomic E-state index is 0.472. The average Bonchev–Trinajstić information content (AvgIpc) is 2.88. The van der Waals surface area contributed by atoms with Gasteiger partial charge in [-0.15, -0.1) is 0 Å². The van der Waals surface area contributed by atoms with E-state index in [1.807, 2.05) is 51.1 Å². The summed E-state index contributed by atoms with van der Waals surface area (Å²) in [7, 11) is 0. The molecule has 21 heavy (non-hydrogen) atoms. The van der Waals surface area contributed by atoms with Gasteiger partial charge in [-0.25, -0.2) is 4.79 Å². The topological polar surface area (TPSA) is 63.5 Å². The van der Waals surface area contributed by atoms with E-state index in [-0.39, 0.29) is 0 Å². The molecule has 1 aromatic carbocycles. The van der Waals surface area contributed by atoms with Gasteiger partial charge in [-0.05, 0) is 39.0 Å². The van der Waals surface area contributed by atoms with Crippen molar-refractivity contribution in [1.29, 1.82) is 0 Å². The van der Waals surface area contributed by atoms with Crippen LogP contribution in [0.5, 0.6) is 0 Å². The van der Waals surface area contributed by atoms with Crippen LogP contribution in [0.15, 0.2) is 47.3 Å². The summed E-state index contributed by atoms with van der Waals surface area (Å²) in [5, 5.41) is 6.00. The first-order valence-corrected chi connectivity index (χ1v) is 6.78. The van der Waals surface area contributed by atoms with Crippen LogP contribution in [0, 0.1) is 0 Å². The summed E-state index contributed by atoms with van der Waals surface area (Å²) >= 11 is 0. The van der Waals surface area contributed by atoms with E-state index in [1.165, 1.54) is 0 Å². The number of amides is 1. The Balaban J connectivity index is 2.01. The molecule has 2 N–H and O–H groups in total. The molecular weight excluding hydrogens is 268 g/mol. The molecule has 5 heteroatoms. The molecule has 0 aliphatic rings. The molecule has 1 aromatic heterocycles. The van der Waals surface area contributed by atoms with Crippen molar-refractivity contribution in [1.82, 2.24) is 0 Å². The number of carbonyl (C=O) groups is 1. The number of hydrogen-bond donors (Lipinski definition) is 2. The van der Waals surface area contributed by atoms with Crippen molar-refractivity contribution in [2.75, 3.05) is 10.6 Å². The smallest absolute Gasteiger partial charge is 0.412 e. The van der Waals surface area contributed by atoms with E-state index in [9.17, 15) is 4.79 Å².